The van der Waals surface area contributed by atoms with E-state index in [4.69, 9.17) is 5.11 Å². The van der Waals surface area contributed by atoms with E-state index in [0.717, 1.165) is 10.7 Å². The number of benzene rings is 1. The number of amides is 1. The first-order valence-corrected chi connectivity index (χ1v) is 7.78. The monoisotopic (exact) mass is 396 g/mol. The van der Waals surface area contributed by atoms with Gasteiger partial charge in [-0.15, -0.1) is 0 Å². The highest BCUT2D eigenvalue weighted by atomic mass is 19.3. The normalized spacial score (nSPS) is 11.9. The number of para-hydroxylation sites is 2. The fourth-order valence-electron chi connectivity index (χ4n) is 2.37. The molecule has 12 heteroatoms. The fraction of sp³-hybridized carbons (Fsp3) is 0.250. The van der Waals surface area contributed by atoms with Crippen LogP contribution in [0.2, 0.25) is 0 Å². The second-order valence-electron chi connectivity index (χ2n) is 5.65. The first-order chi connectivity index (χ1) is 13.1. The average molecular weight is 396 g/mol. The summed E-state index contributed by atoms with van der Waals surface area (Å²) >= 11 is 0. The van der Waals surface area contributed by atoms with Crippen LogP contribution in [0.4, 0.5) is 14.5 Å². The molecule has 1 heterocycles. The van der Waals surface area contributed by atoms with Crippen LogP contribution < -0.4 is 10.7 Å². The van der Waals surface area contributed by atoms with E-state index in [0.29, 0.717) is 0 Å². The standard InChI is InChI=1S/C16H14F2N4O6/c1-8-6-12(23)14(15(24)19-9(16(25)26)7-13(17)18)20-21(8)10-4-2-3-5-11(10)22(27)28/h2-6,9,13H,7H2,1H3,(H,19,24)(H,25,26). The third-order valence-electron chi connectivity index (χ3n) is 3.65. The number of aliphatic carboxylic acids is 1. The Labute approximate surface area is 155 Å². The van der Waals surface area contributed by atoms with Gasteiger partial charge in [0.1, 0.15) is 11.7 Å². The van der Waals surface area contributed by atoms with Crippen LogP contribution in [0.25, 0.3) is 5.69 Å². The van der Waals surface area contributed by atoms with Crippen molar-refractivity contribution in [1.82, 2.24) is 15.1 Å². The second-order valence-corrected chi connectivity index (χ2v) is 5.65. The van der Waals surface area contributed by atoms with Crippen LogP contribution in [0, 0.1) is 17.0 Å². The molecule has 0 radical (unpaired) electrons. The molecule has 0 spiro atoms. The first kappa shape index (κ1) is 20.6. The van der Waals surface area contributed by atoms with Gasteiger partial charge in [-0.25, -0.2) is 18.3 Å². The van der Waals surface area contributed by atoms with E-state index in [2.05, 4.69) is 5.10 Å². The molecule has 2 N–H and O–H groups in total. The topological polar surface area (TPSA) is 144 Å². The minimum absolute atomic E-state index is 0.0404. The zero-order valence-electron chi connectivity index (χ0n) is 14.3. The Morgan fingerprint density at radius 2 is 2.00 bits per heavy atom. The van der Waals surface area contributed by atoms with Crippen molar-refractivity contribution in [2.45, 2.75) is 25.8 Å². The molecule has 1 aromatic heterocycles. The summed E-state index contributed by atoms with van der Waals surface area (Å²) in [5.74, 6) is -3.00. The predicted octanol–water partition coefficient (Wildman–Crippen LogP) is 1.29. The molecular weight excluding hydrogens is 382 g/mol. The number of hydrogen-bond donors (Lipinski definition) is 2. The van der Waals surface area contributed by atoms with Gasteiger partial charge in [-0.3, -0.25) is 19.7 Å². The SMILES string of the molecule is Cc1cc(=O)c(C(=O)NC(CC(F)F)C(=O)O)nn1-c1ccccc1[N+](=O)[O-]. The third-order valence-corrected chi connectivity index (χ3v) is 3.65. The number of carboxylic acids is 1. The zero-order chi connectivity index (χ0) is 21.0. The minimum atomic E-state index is -3.00. The molecule has 10 nitrogen and oxygen atoms in total. The van der Waals surface area contributed by atoms with E-state index in [1.54, 1.807) is 0 Å². The van der Waals surface area contributed by atoms with Crippen LogP contribution in [0.1, 0.15) is 22.6 Å². The van der Waals surface area contributed by atoms with Gasteiger partial charge >= 0.3 is 5.97 Å². The second kappa shape index (κ2) is 8.33. The lowest BCUT2D eigenvalue weighted by Crippen LogP contribution is -2.44. The Morgan fingerprint density at radius 3 is 2.57 bits per heavy atom. The Balaban J connectivity index is 2.49. The summed E-state index contributed by atoms with van der Waals surface area (Å²) in [6.45, 7) is 1.42. The molecule has 2 rings (SSSR count). The van der Waals surface area contributed by atoms with Gasteiger partial charge in [-0.1, -0.05) is 12.1 Å². The molecule has 1 aromatic carbocycles. The van der Waals surface area contributed by atoms with Crippen molar-refractivity contribution in [2.75, 3.05) is 0 Å². The molecule has 0 aliphatic carbocycles. The Kier molecular flexibility index (Phi) is 6.13. The Hall–Kier alpha value is -3.70. The maximum absolute atomic E-state index is 12.5. The van der Waals surface area contributed by atoms with Crippen LogP contribution in [0.15, 0.2) is 35.1 Å². The summed E-state index contributed by atoms with van der Waals surface area (Å²) < 4.78 is 25.9. The first-order valence-electron chi connectivity index (χ1n) is 7.78. The van der Waals surface area contributed by atoms with E-state index < -0.39 is 46.8 Å². The molecule has 0 bridgehead atoms. The van der Waals surface area contributed by atoms with Crippen LogP contribution in [-0.2, 0) is 4.79 Å². The van der Waals surface area contributed by atoms with E-state index in [9.17, 15) is 33.3 Å². The minimum Gasteiger partial charge on any atom is -0.480 e. The highest BCUT2D eigenvalue weighted by Gasteiger charge is 2.27. The predicted molar refractivity (Wildman–Crippen MR) is 90.7 cm³/mol. The number of nitrogens with zero attached hydrogens (tertiary/aromatic N) is 3. The smallest absolute Gasteiger partial charge is 0.326 e. The van der Waals surface area contributed by atoms with Crippen LogP contribution in [0.5, 0.6) is 0 Å². The average Bonchev–Trinajstić information content (AvgIpc) is 2.60. The van der Waals surface area contributed by atoms with Crippen molar-refractivity contribution in [3.63, 3.8) is 0 Å². The highest BCUT2D eigenvalue weighted by Crippen LogP contribution is 2.22. The van der Waals surface area contributed by atoms with Gasteiger partial charge in [-0.05, 0) is 13.0 Å². The van der Waals surface area contributed by atoms with Crippen molar-refractivity contribution in [3.05, 3.63) is 62.1 Å². The lowest BCUT2D eigenvalue weighted by molar-refractivity contribution is -0.384. The summed E-state index contributed by atoms with van der Waals surface area (Å²) in [6.07, 6.45) is -4.17. The summed E-state index contributed by atoms with van der Waals surface area (Å²) in [7, 11) is 0. The van der Waals surface area contributed by atoms with E-state index in [-0.39, 0.29) is 17.1 Å². The summed E-state index contributed by atoms with van der Waals surface area (Å²) in [4.78, 5) is 45.9. The van der Waals surface area contributed by atoms with Crippen molar-refractivity contribution in [2.24, 2.45) is 0 Å². The molecular formula is C16H14F2N4O6. The molecule has 148 valence electrons. The van der Waals surface area contributed by atoms with Gasteiger partial charge in [0.05, 0.1) is 4.92 Å². The van der Waals surface area contributed by atoms with Crippen LogP contribution in [-0.4, -0.2) is 44.2 Å². The van der Waals surface area contributed by atoms with Gasteiger partial charge < -0.3 is 10.4 Å². The lowest BCUT2D eigenvalue weighted by Gasteiger charge is -2.15. The molecule has 2 aromatic rings. The van der Waals surface area contributed by atoms with E-state index in [1.807, 2.05) is 5.32 Å². The summed E-state index contributed by atoms with van der Waals surface area (Å²) in [6, 6.07) is 4.45. The van der Waals surface area contributed by atoms with Crippen molar-refractivity contribution < 1.29 is 28.4 Å². The van der Waals surface area contributed by atoms with Gasteiger partial charge in [0.2, 0.25) is 11.9 Å². The molecule has 1 unspecified atom stereocenters. The maximum Gasteiger partial charge on any atom is 0.326 e. The summed E-state index contributed by atoms with van der Waals surface area (Å²) in [5.41, 5.74) is -1.91. The summed E-state index contributed by atoms with van der Waals surface area (Å²) in [5, 5.41) is 25.7. The molecule has 0 aliphatic rings. The third kappa shape index (κ3) is 4.52. The van der Waals surface area contributed by atoms with Gasteiger partial charge in [0.25, 0.3) is 11.6 Å². The Morgan fingerprint density at radius 1 is 1.36 bits per heavy atom. The number of rotatable bonds is 7. The molecule has 0 saturated carbocycles. The number of nitrogens with one attached hydrogen (secondary N) is 1. The van der Waals surface area contributed by atoms with Gasteiger partial charge in [0.15, 0.2) is 5.69 Å². The number of nitro groups is 1. The number of alkyl halides is 2. The number of carbonyl (C=O) groups is 2. The molecule has 1 atom stereocenters. The molecule has 0 fully saturated rings. The quantitative estimate of drug-likeness (QED) is 0.530. The highest BCUT2D eigenvalue weighted by molar-refractivity contribution is 5.94. The maximum atomic E-state index is 12.5. The molecule has 1 amide bonds. The largest absolute Gasteiger partial charge is 0.480 e. The number of nitro benzene ring substituents is 1. The number of halogens is 2. The van der Waals surface area contributed by atoms with Crippen molar-refractivity contribution in [3.8, 4) is 5.69 Å². The Bertz CT molecular complexity index is 991. The number of aromatic nitrogens is 2. The molecule has 0 saturated heterocycles. The van der Waals surface area contributed by atoms with Gasteiger partial charge in [-0.2, -0.15) is 5.10 Å². The van der Waals surface area contributed by atoms with Gasteiger partial charge in [0, 0.05) is 24.2 Å². The number of carbonyl (C=O) groups excluding carboxylic acids is 1. The number of carboxylic acid groups (broad SMARTS) is 1. The van der Waals surface area contributed by atoms with E-state index in [1.165, 1.54) is 31.2 Å². The lowest BCUT2D eigenvalue weighted by atomic mass is 10.2. The zero-order valence-corrected chi connectivity index (χ0v) is 14.3. The van der Waals surface area contributed by atoms with Crippen LogP contribution >= 0.6 is 0 Å². The molecule has 28 heavy (non-hydrogen) atoms. The van der Waals surface area contributed by atoms with Crippen LogP contribution in [0.3, 0.4) is 0 Å². The van der Waals surface area contributed by atoms with Crippen molar-refractivity contribution in [1.29, 1.82) is 0 Å². The van der Waals surface area contributed by atoms with E-state index >= 15 is 0 Å². The molecule has 0 aliphatic heterocycles. The number of hydrogen-bond acceptors (Lipinski definition) is 6. The van der Waals surface area contributed by atoms with Crippen molar-refractivity contribution >= 4 is 17.6 Å². The fourth-order valence-corrected chi connectivity index (χ4v) is 2.37. The number of aryl methyl sites for hydroxylation is 1.